The van der Waals surface area contributed by atoms with Crippen LogP contribution in [0.5, 0.6) is 0 Å². The summed E-state index contributed by atoms with van der Waals surface area (Å²) >= 11 is 0. The molecule has 7 rings (SSSR count). The van der Waals surface area contributed by atoms with Gasteiger partial charge in [0.2, 0.25) is 0 Å². The third-order valence-electron chi connectivity index (χ3n) is 8.10. The maximum absolute atomic E-state index is 2.40. The van der Waals surface area contributed by atoms with Gasteiger partial charge >= 0.3 is 0 Å². The molecule has 0 atom stereocenters. The number of allylic oxidation sites excluding steroid dienone is 4. The van der Waals surface area contributed by atoms with E-state index in [1.54, 1.807) is 0 Å². The molecule has 0 aromatic heterocycles. The molecule has 0 heterocycles. The van der Waals surface area contributed by atoms with Crippen LogP contribution in [-0.2, 0) is 0 Å². The van der Waals surface area contributed by atoms with Crippen LogP contribution in [0, 0.1) is 24.3 Å². The smallest absolute Gasteiger partial charge is 0.00325 e. The van der Waals surface area contributed by atoms with Gasteiger partial charge in [-0.2, -0.15) is 0 Å². The summed E-state index contributed by atoms with van der Waals surface area (Å²) in [7, 11) is 0. The van der Waals surface area contributed by atoms with Crippen molar-refractivity contribution in [3.8, 4) is 0 Å². The highest BCUT2D eigenvalue weighted by molar-refractivity contribution is 6.02. The standard InChI is InChI=1S/C39H30/c1-26-20-21-31(27(2)24-26)33-18-11-19-35(33)39-36(23-22-34-32-17-10-9-16-30(32)25-37(34)39)38(28-12-5-3-6-13-28)29-14-7-4-8-15-29/h3-18,20-25H,19H2,1-2H3. The Morgan fingerprint density at radius 2 is 1.33 bits per heavy atom. The highest BCUT2D eigenvalue weighted by Gasteiger charge is 2.22. The van der Waals surface area contributed by atoms with Crippen molar-refractivity contribution in [3.05, 3.63) is 187 Å². The van der Waals surface area contributed by atoms with Crippen molar-refractivity contribution in [3.63, 3.8) is 0 Å². The van der Waals surface area contributed by atoms with Crippen molar-refractivity contribution in [1.82, 2.24) is 0 Å². The first kappa shape index (κ1) is 23.4. The first-order chi connectivity index (χ1) is 19.2. The predicted octanol–water partition coefficient (Wildman–Crippen LogP) is 7.85. The highest BCUT2D eigenvalue weighted by atomic mass is 14.2. The van der Waals surface area contributed by atoms with Gasteiger partial charge in [-0.25, -0.2) is 0 Å². The number of hydrogen-bond acceptors (Lipinski definition) is 0. The Hall–Kier alpha value is -4.68. The van der Waals surface area contributed by atoms with Crippen LogP contribution < -0.4 is 10.4 Å². The van der Waals surface area contributed by atoms with Crippen molar-refractivity contribution in [2.75, 3.05) is 0 Å². The zero-order chi connectivity index (χ0) is 26.3. The Balaban J connectivity index is 1.67. The average molecular weight is 499 g/mol. The van der Waals surface area contributed by atoms with E-state index in [1.807, 2.05) is 0 Å². The van der Waals surface area contributed by atoms with Gasteiger partial charge in [-0.15, -0.1) is 0 Å². The van der Waals surface area contributed by atoms with E-state index in [-0.39, 0.29) is 0 Å². The highest BCUT2D eigenvalue weighted by Crippen LogP contribution is 2.38. The molecule has 186 valence electrons. The summed E-state index contributed by atoms with van der Waals surface area (Å²) in [6.07, 6.45) is 8.00. The number of benzene rings is 5. The van der Waals surface area contributed by atoms with Crippen LogP contribution >= 0.6 is 0 Å². The molecule has 0 aliphatic heterocycles. The molecule has 0 saturated heterocycles. The van der Waals surface area contributed by atoms with Crippen LogP contribution in [0.25, 0.3) is 22.8 Å². The molecule has 0 unspecified atom stereocenters. The Morgan fingerprint density at radius 1 is 0.641 bits per heavy atom. The molecule has 0 fully saturated rings. The molecule has 2 aliphatic carbocycles. The van der Waals surface area contributed by atoms with Crippen LogP contribution in [0.3, 0.4) is 0 Å². The zero-order valence-corrected chi connectivity index (χ0v) is 22.4. The Labute approximate surface area is 229 Å². The fourth-order valence-corrected chi connectivity index (χ4v) is 6.36. The molecule has 0 heteroatoms. The summed E-state index contributed by atoms with van der Waals surface area (Å²) < 4.78 is 0. The zero-order valence-electron chi connectivity index (χ0n) is 22.4. The van der Waals surface area contributed by atoms with E-state index in [4.69, 9.17) is 0 Å². The van der Waals surface area contributed by atoms with Crippen molar-refractivity contribution in [2.45, 2.75) is 20.3 Å². The molecule has 0 amide bonds. The molecule has 2 aliphatic rings. The number of fused-ring (bicyclic) bond motifs is 2. The lowest BCUT2D eigenvalue weighted by molar-refractivity contribution is 1.34. The van der Waals surface area contributed by atoms with Crippen LogP contribution in [0.1, 0.15) is 45.4 Å². The summed E-state index contributed by atoms with van der Waals surface area (Å²) in [6.45, 7) is 4.41. The van der Waals surface area contributed by atoms with Gasteiger partial charge < -0.3 is 0 Å². The molecule has 0 nitrogen and oxygen atoms in total. The number of rotatable bonds is 4. The van der Waals surface area contributed by atoms with E-state index >= 15 is 0 Å². The molecular weight excluding hydrogens is 468 g/mol. The molecule has 5 aromatic carbocycles. The minimum absolute atomic E-state index is 0.924. The van der Waals surface area contributed by atoms with Crippen LogP contribution in [0.15, 0.2) is 127 Å². The molecule has 0 bridgehead atoms. The van der Waals surface area contributed by atoms with Gasteiger partial charge in [-0.1, -0.05) is 133 Å². The Morgan fingerprint density at radius 3 is 2.05 bits per heavy atom. The van der Waals surface area contributed by atoms with Crippen LogP contribution in [0.2, 0.25) is 0 Å². The number of hydrogen-bond donors (Lipinski definition) is 0. The number of aryl methyl sites for hydroxylation is 2. The van der Waals surface area contributed by atoms with Crippen molar-refractivity contribution >= 4 is 22.8 Å². The van der Waals surface area contributed by atoms with Gasteiger partial charge in [0.15, 0.2) is 0 Å². The van der Waals surface area contributed by atoms with Gasteiger partial charge in [0.25, 0.3) is 0 Å². The fraction of sp³-hybridized carbons (Fsp3) is 0.0769. The van der Waals surface area contributed by atoms with Crippen molar-refractivity contribution in [2.24, 2.45) is 0 Å². The quantitative estimate of drug-likeness (QED) is 0.232. The van der Waals surface area contributed by atoms with E-state index in [2.05, 4.69) is 147 Å². The summed E-state index contributed by atoms with van der Waals surface area (Å²) in [4.78, 5) is 0. The lowest BCUT2D eigenvalue weighted by Gasteiger charge is -2.18. The molecule has 0 saturated carbocycles. The van der Waals surface area contributed by atoms with E-state index in [0.29, 0.717) is 0 Å². The van der Waals surface area contributed by atoms with Gasteiger partial charge in [-0.3, -0.25) is 0 Å². The molecule has 0 spiro atoms. The summed E-state index contributed by atoms with van der Waals surface area (Å²) in [5, 5.41) is 5.23. The van der Waals surface area contributed by atoms with E-state index in [0.717, 1.165) is 6.42 Å². The summed E-state index contributed by atoms with van der Waals surface area (Å²) in [5.41, 5.74) is 13.1. The average Bonchev–Trinajstić information content (AvgIpc) is 3.59. The molecule has 5 aromatic rings. The molecule has 0 radical (unpaired) electrons. The monoisotopic (exact) mass is 498 g/mol. The SMILES string of the molecule is Cc1ccc(C2=C(c3c4c(ccc3=C(c3ccccc3)c3ccccc3)=c3ccccc3=C4)CC=C2)c(C)c1. The van der Waals surface area contributed by atoms with Crippen LogP contribution in [0.4, 0.5) is 0 Å². The minimum Gasteiger partial charge on any atom is -0.0795 e. The van der Waals surface area contributed by atoms with Crippen molar-refractivity contribution in [1.29, 1.82) is 0 Å². The topological polar surface area (TPSA) is 0 Å². The second-order valence-corrected chi connectivity index (χ2v) is 10.6. The summed E-state index contributed by atoms with van der Waals surface area (Å²) in [5.74, 6) is 0. The van der Waals surface area contributed by atoms with Crippen molar-refractivity contribution < 1.29 is 0 Å². The van der Waals surface area contributed by atoms with E-state index in [9.17, 15) is 0 Å². The molecule has 39 heavy (non-hydrogen) atoms. The third-order valence-corrected chi connectivity index (χ3v) is 8.10. The Kier molecular flexibility index (Phi) is 5.75. The van der Waals surface area contributed by atoms with Gasteiger partial charge in [0, 0.05) is 0 Å². The Bertz CT molecular complexity index is 1980. The van der Waals surface area contributed by atoms with Gasteiger partial charge in [-0.05, 0) is 97.3 Å². The third kappa shape index (κ3) is 4.01. The van der Waals surface area contributed by atoms with Gasteiger partial charge in [0.1, 0.15) is 0 Å². The minimum atomic E-state index is 0.924. The maximum Gasteiger partial charge on any atom is -0.00325 e. The largest absolute Gasteiger partial charge is 0.0795 e. The molecular formula is C39H30. The predicted molar refractivity (Wildman–Crippen MR) is 164 cm³/mol. The normalized spacial score (nSPS) is 13.3. The fourth-order valence-electron chi connectivity index (χ4n) is 6.36. The first-order valence-electron chi connectivity index (χ1n) is 13.8. The first-order valence-corrected chi connectivity index (χ1v) is 13.8. The van der Waals surface area contributed by atoms with Crippen LogP contribution in [-0.4, -0.2) is 0 Å². The maximum atomic E-state index is 2.40. The molecule has 0 N–H and O–H groups in total. The van der Waals surface area contributed by atoms with E-state index in [1.165, 1.54) is 76.5 Å². The summed E-state index contributed by atoms with van der Waals surface area (Å²) in [6, 6.07) is 42.1. The lowest BCUT2D eigenvalue weighted by atomic mass is 9.86. The second-order valence-electron chi connectivity index (χ2n) is 10.6. The van der Waals surface area contributed by atoms with E-state index < -0.39 is 0 Å². The van der Waals surface area contributed by atoms with Gasteiger partial charge in [0.05, 0.1) is 0 Å². The lowest BCUT2D eigenvalue weighted by Crippen LogP contribution is -2.17. The second kappa shape index (κ2) is 9.57.